The molecule has 0 spiro atoms. The Bertz CT molecular complexity index is 612. The van der Waals surface area contributed by atoms with Crippen molar-refractivity contribution in [2.45, 2.75) is 71.1 Å². The first-order valence-electron chi connectivity index (χ1n) is 8.83. The minimum atomic E-state index is -0.205. The first-order chi connectivity index (χ1) is 10.8. The van der Waals surface area contributed by atoms with E-state index in [1.165, 1.54) is 51.4 Å². The van der Waals surface area contributed by atoms with Crippen molar-refractivity contribution in [2.75, 3.05) is 0 Å². The van der Waals surface area contributed by atoms with E-state index in [1.807, 2.05) is 30.3 Å². The fourth-order valence-electron chi connectivity index (χ4n) is 2.92. The van der Waals surface area contributed by atoms with Crippen molar-refractivity contribution in [3.63, 3.8) is 0 Å². The first-order valence-corrected chi connectivity index (χ1v) is 8.83. The molecule has 1 aromatic heterocycles. The van der Waals surface area contributed by atoms with Crippen LogP contribution in [0.5, 0.6) is 0 Å². The minimum absolute atomic E-state index is 0.205. The van der Waals surface area contributed by atoms with Crippen LogP contribution in [-0.4, -0.2) is 0 Å². The second-order valence-electron chi connectivity index (χ2n) is 6.17. The molecule has 0 unspecified atom stereocenters. The van der Waals surface area contributed by atoms with Gasteiger partial charge >= 0.3 is 5.63 Å². The molecule has 0 N–H and O–H groups in total. The lowest BCUT2D eigenvalue weighted by molar-refractivity contribution is 0.454. The van der Waals surface area contributed by atoms with Crippen molar-refractivity contribution in [1.82, 2.24) is 0 Å². The van der Waals surface area contributed by atoms with Gasteiger partial charge in [0.1, 0.15) is 5.76 Å². The molecule has 0 aliphatic heterocycles. The van der Waals surface area contributed by atoms with Crippen molar-refractivity contribution < 1.29 is 4.42 Å². The molecule has 0 saturated carbocycles. The first kappa shape index (κ1) is 16.8. The molecule has 0 saturated heterocycles. The van der Waals surface area contributed by atoms with E-state index in [0.717, 1.165) is 24.0 Å². The maximum atomic E-state index is 11.9. The van der Waals surface area contributed by atoms with E-state index in [4.69, 9.17) is 4.42 Å². The summed E-state index contributed by atoms with van der Waals surface area (Å²) in [5.41, 5.74) is -0.205. The maximum Gasteiger partial charge on any atom is 0.343 e. The average Bonchev–Trinajstić information content (AvgIpc) is 2.53. The summed E-state index contributed by atoms with van der Waals surface area (Å²) >= 11 is 0. The molecule has 0 aliphatic rings. The van der Waals surface area contributed by atoms with E-state index in [1.54, 1.807) is 0 Å². The summed E-state index contributed by atoms with van der Waals surface area (Å²) in [6.45, 7) is 2.26. The zero-order valence-electron chi connectivity index (χ0n) is 13.8. The number of benzene rings is 1. The molecular weight excluding hydrogens is 272 g/mol. The summed E-state index contributed by atoms with van der Waals surface area (Å²) in [6, 6.07) is 9.65. The summed E-state index contributed by atoms with van der Waals surface area (Å²) in [6.07, 6.45) is 12.7. The Hall–Kier alpha value is -1.57. The number of fused-ring (bicyclic) bond motifs is 1. The highest BCUT2D eigenvalue weighted by Gasteiger charge is 2.03. The monoisotopic (exact) mass is 300 g/mol. The van der Waals surface area contributed by atoms with Gasteiger partial charge in [-0.3, -0.25) is 0 Å². The zero-order chi connectivity index (χ0) is 15.6. The number of unbranched alkanes of at least 4 members (excludes halogenated alkanes) is 8. The summed E-state index contributed by atoms with van der Waals surface area (Å²) < 4.78 is 5.41. The normalized spacial score (nSPS) is 11.1. The third-order valence-corrected chi connectivity index (χ3v) is 4.25. The predicted molar refractivity (Wildman–Crippen MR) is 93.4 cm³/mol. The van der Waals surface area contributed by atoms with Crippen LogP contribution >= 0.6 is 0 Å². The van der Waals surface area contributed by atoms with Crippen LogP contribution in [0.2, 0.25) is 0 Å². The van der Waals surface area contributed by atoms with E-state index in [2.05, 4.69) is 6.92 Å². The highest BCUT2D eigenvalue weighted by atomic mass is 16.4. The van der Waals surface area contributed by atoms with Crippen LogP contribution in [0.15, 0.2) is 39.5 Å². The Morgan fingerprint density at radius 1 is 0.864 bits per heavy atom. The van der Waals surface area contributed by atoms with Gasteiger partial charge in [-0.1, -0.05) is 76.5 Å². The van der Waals surface area contributed by atoms with Crippen LogP contribution in [0, 0.1) is 0 Å². The largest absolute Gasteiger partial charge is 0.427 e. The van der Waals surface area contributed by atoms with E-state index < -0.39 is 0 Å². The van der Waals surface area contributed by atoms with Crippen LogP contribution in [0.25, 0.3) is 10.8 Å². The quantitative estimate of drug-likeness (QED) is 0.514. The van der Waals surface area contributed by atoms with Crippen LogP contribution in [-0.2, 0) is 6.42 Å². The van der Waals surface area contributed by atoms with Gasteiger partial charge in [-0.15, -0.1) is 0 Å². The molecule has 0 amide bonds. The summed E-state index contributed by atoms with van der Waals surface area (Å²) in [4.78, 5) is 11.9. The second kappa shape index (κ2) is 9.45. The van der Waals surface area contributed by atoms with E-state index >= 15 is 0 Å². The van der Waals surface area contributed by atoms with Gasteiger partial charge in [-0.25, -0.2) is 4.79 Å². The Morgan fingerprint density at radius 2 is 1.50 bits per heavy atom. The summed E-state index contributed by atoms with van der Waals surface area (Å²) in [7, 11) is 0. The smallest absolute Gasteiger partial charge is 0.343 e. The van der Waals surface area contributed by atoms with Gasteiger partial charge in [0, 0.05) is 6.42 Å². The molecule has 2 rings (SSSR count). The van der Waals surface area contributed by atoms with E-state index in [0.29, 0.717) is 5.39 Å². The summed E-state index contributed by atoms with van der Waals surface area (Å²) in [5, 5.41) is 1.67. The molecule has 0 bridgehead atoms. The van der Waals surface area contributed by atoms with Crippen molar-refractivity contribution >= 4 is 10.8 Å². The Kier molecular flexibility index (Phi) is 7.21. The molecule has 0 radical (unpaired) electrons. The second-order valence-corrected chi connectivity index (χ2v) is 6.17. The molecular formula is C20H28O2. The third-order valence-electron chi connectivity index (χ3n) is 4.25. The number of aryl methyl sites for hydroxylation is 1. The maximum absolute atomic E-state index is 11.9. The lowest BCUT2D eigenvalue weighted by atomic mass is 10.1. The molecule has 1 heterocycles. The number of hydrogen-bond donors (Lipinski definition) is 0. The lowest BCUT2D eigenvalue weighted by Crippen LogP contribution is -2.02. The van der Waals surface area contributed by atoms with Crippen LogP contribution in [0.4, 0.5) is 0 Å². The van der Waals surface area contributed by atoms with Gasteiger partial charge in [-0.05, 0) is 23.9 Å². The summed E-state index contributed by atoms with van der Waals surface area (Å²) in [5.74, 6) is 0.826. The van der Waals surface area contributed by atoms with Crippen LogP contribution in [0.3, 0.4) is 0 Å². The van der Waals surface area contributed by atoms with Gasteiger partial charge in [0.25, 0.3) is 0 Å². The van der Waals surface area contributed by atoms with Crippen molar-refractivity contribution in [2.24, 2.45) is 0 Å². The van der Waals surface area contributed by atoms with E-state index in [9.17, 15) is 4.79 Å². The molecule has 1 aromatic carbocycles. The molecule has 22 heavy (non-hydrogen) atoms. The highest BCUT2D eigenvalue weighted by molar-refractivity contribution is 5.81. The van der Waals surface area contributed by atoms with Crippen LogP contribution < -0.4 is 5.63 Å². The van der Waals surface area contributed by atoms with Crippen molar-refractivity contribution in [1.29, 1.82) is 0 Å². The van der Waals surface area contributed by atoms with Gasteiger partial charge in [0.2, 0.25) is 0 Å². The standard InChI is InChI=1S/C20H28O2/c1-2-3-4-5-6-7-8-9-10-14-18-16-17-13-11-12-15-19(17)20(21)22-18/h11-13,15-16H,2-10,14H2,1H3. The Labute approximate surface area is 133 Å². The molecule has 120 valence electrons. The van der Waals surface area contributed by atoms with Crippen molar-refractivity contribution in [3.05, 3.63) is 46.5 Å². The van der Waals surface area contributed by atoms with Gasteiger partial charge in [0.15, 0.2) is 0 Å². The molecule has 2 heteroatoms. The molecule has 0 fully saturated rings. The fraction of sp³-hybridized carbons (Fsp3) is 0.550. The number of hydrogen-bond acceptors (Lipinski definition) is 2. The molecule has 0 atom stereocenters. The molecule has 2 aromatic rings. The Morgan fingerprint density at radius 3 is 2.23 bits per heavy atom. The molecule has 2 nitrogen and oxygen atoms in total. The van der Waals surface area contributed by atoms with Crippen LogP contribution in [0.1, 0.15) is 70.5 Å². The van der Waals surface area contributed by atoms with E-state index in [-0.39, 0.29) is 5.63 Å². The fourth-order valence-corrected chi connectivity index (χ4v) is 2.92. The SMILES string of the molecule is CCCCCCCCCCCc1cc2ccccc2c(=O)o1. The number of rotatable bonds is 10. The molecule has 0 aliphatic carbocycles. The zero-order valence-corrected chi connectivity index (χ0v) is 13.8. The lowest BCUT2D eigenvalue weighted by Gasteiger charge is -2.03. The highest BCUT2D eigenvalue weighted by Crippen LogP contribution is 2.15. The Balaban J connectivity index is 1.68. The predicted octanol–water partition coefficient (Wildman–Crippen LogP) is 5.87. The van der Waals surface area contributed by atoms with Crippen molar-refractivity contribution in [3.8, 4) is 0 Å². The van der Waals surface area contributed by atoms with Gasteiger partial charge in [0.05, 0.1) is 5.39 Å². The third kappa shape index (κ3) is 5.32. The minimum Gasteiger partial charge on any atom is -0.427 e. The average molecular weight is 300 g/mol. The van der Waals surface area contributed by atoms with Gasteiger partial charge in [-0.2, -0.15) is 0 Å². The van der Waals surface area contributed by atoms with Gasteiger partial charge < -0.3 is 4.42 Å². The topological polar surface area (TPSA) is 30.2 Å².